The van der Waals surface area contributed by atoms with E-state index in [1.807, 2.05) is 30.3 Å². The van der Waals surface area contributed by atoms with Gasteiger partial charge in [-0.25, -0.2) is 0 Å². The minimum atomic E-state index is -0.689. The molecule has 1 aromatic rings. The Morgan fingerprint density at radius 1 is 1.37 bits per heavy atom. The van der Waals surface area contributed by atoms with Crippen molar-refractivity contribution in [2.75, 3.05) is 26.2 Å². The number of carboxylic acids is 1. The van der Waals surface area contributed by atoms with Gasteiger partial charge in [-0.15, -0.1) is 0 Å². The summed E-state index contributed by atoms with van der Waals surface area (Å²) >= 11 is 0. The first-order valence-electron chi connectivity index (χ1n) is 6.86. The van der Waals surface area contributed by atoms with Crippen LogP contribution in [0.3, 0.4) is 0 Å². The van der Waals surface area contributed by atoms with Crippen LogP contribution in [0.5, 0.6) is 5.75 Å². The molecule has 0 aromatic heterocycles. The van der Waals surface area contributed by atoms with Gasteiger partial charge in [0.05, 0.1) is 0 Å². The normalized spacial score (nSPS) is 19.5. The molecule has 1 fully saturated rings. The molecule has 0 aliphatic carbocycles. The molecule has 1 unspecified atom stereocenters. The maximum Gasteiger partial charge on any atom is 0.303 e. The van der Waals surface area contributed by atoms with Crippen LogP contribution in [-0.4, -0.2) is 42.2 Å². The van der Waals surface area contributed by atoms with Gasteiger partial charge in [-0.3, -0.25) is 9.69 Å². The Kier molecular flexibility index (Phi) is 5.21. The van der Waals surface area contributed by atoms with Crippen LogP contribution >= 0.6 is 0 Å². The van der Waals surface area contributed by atoms with Gasteiger partial charge in [-0.1, -0.05) is 18.2 Å². The maximum absolute atomic E-state index is 10.5. The summed E-state index contributed by atoms with van der Waals surface area (Å²) < 4.78 is 5.67. The van der Waals surface area contributed by atoms with E-state index in [2.05, 4.69) is 4.90 Å². The highest BCUT2D eigenvalue weighted by Crippen LogP contribution is 2.20. The molecule has 0 amide bonds. The fourth-order valence-electron chi connectivity index (χ4n) is 2.49. The Balaban J connectivity index is 1.61. The topological polar surface area (TPSA) is 49.8 Å². The predicted octanol–water partition coefficient (Wildman–Crippen LogP) is 2.25. The second kappa shape index (κ2) is 7.14. The van der Waals surface area contributed by atoms with Gasteiger partial charge in [0.1, 0.15) is 12.4 Å². The number of hydrogen-bond acceptors (Lipinski definition) is 3. The number of rotatable bonds is 7. The monoisotopic (exact) mass is 263 g/mol. The highest BCUT2D eigenvalue weighted by atomic mass is 16.5. The highest BCUT2D eigenvalue weighted by Gasteiger charge is 2.22. The van der Waals surface area contributed by atoms with E-state index in [1.54, 1.807) is 0 Å². The molecule has 1 N–H and O–H groups in total. The minimum absolute atomic E-state index is 0.291. The Hall–Kier alpha value is -1.55. The van der Waals surface area contributed by atoms with E-state index < -0.39 is 5.97 Å². The number of likely N-dealkylation sites (tertiary alicyclic amines) is 1. The van der Waals surface area contributed by atoms with E-state index in [4.69, 9.17) is 9.84 Å². The molecule has 0 spiro atoms. The zero-order valence-corrected chi connectivity index (χ0v) is 11.1. The number of hydrogen-bond donors (Lipinski definition) is 1. The van der Waals surface area contributed by atoms with Crippen molar-refractivity contribution < 1.29 is 14.6 Å². The molecule has 4 nitrogen and oxygen atoms in total. The third-order valence-electron chi connectivity index (χ3n) is 3.56. The zero-order chi connectivity index (χ0) is 13.5. The van der Waals surface area contributed by atoms with E-state index >= 15 is 0 Å². The second-order valence-corrected chi connectivity index (χ2v) is 5.05. The highest BCUT2D eigenvalue weighted by molar-refractivity contribution is 5.66. The number of nitrogens with zero attached hydrogens (tertiary/aromatic N) is 1. The van der Waals surface area contributed by atoms with Gasteiger partial charge in [0.25, 0.3) is 0 Å². The first kappa shape index (κ1) is 13.9. The third kappa shape index (κ3) is 4.91. The number of benzene rings is 1. The molecule has 19 heavy (non-hydrogen) atoms. The lowest BCUT2D eigenvalue weighted by Gasteiger charge is -2.16. The van der Waals surface area contributed by atoms with Gasteiger partial charge in [0.2, 0.25) is 0 Å². The molecule has 1 aromatic carbocycles. The molecule has 2 rings (SSSR count). The number of ether oxygens (including phenoxy) is 1. The van der Waals surface area contributed by atoms with Crippen LogP contribution in [0.25, 0.3) is 0 Å². The standard InChI is InChI=1S/C15H21NO3/c17-15(18)7-6-13-8-9-16(12-13)10-11-19-14-4-2-1-3-5-14/h1-5,13H,6-12H2,(H,17,18). The van der Waals surface area contributed by atoms with Crippen molar-refractivity contribution in [3.05, 3.63) is 30.3 Å². The summed E-state index contributed by atoms with van der Waals surface area (Å²) in [6.45, 7) is 3.67. The molecule has 4 heteroatoms. The molecular weight excluding hydrogens is 242 g/mol. The third-order valence-corrected chi connectivity index (χ3v) is 3.56. The van der Waals surface area contributed by atoms with Crippen molar-refractivity contribution in [3.63, 3.8) is 0 Å². The first-order valence-corrected chi connectivity index (χ1v) is 6.86. The summed E-state index contributed by atoms with van der Waals surface area (Å²) in [5.74, 6) is 0.753. The summed E-state index contributed by atoms with van der Waals surface area (Å²) in [7, 11) is 0. The number of carboxylic acid groups (broad SMARTS) is 1. The van der Waals surface area contributed by atoms with Gasteiger partial charge >= 0.3 is 5.97 Å². The summed E-state index contributed by atoms with van der Waals surface area (Å²) in [4.78, 5) is 12.9. The summed E-state index contributed by atoms with van der Waals surface area (Å²) in [5, 5.41) is 8.67. The van der Waals surface area contributed by atoms with E-state index in [0.29, 0.717) is 18.9 Å². The average molecular weight is 263 g/mol. The van der Waals surface area contributed by atoms with Gasteiger partial charge in [0.15, 0.2) is 0 Å². The van der Waals surface area contributed by atoms with Crippen LogP contribution < -0.4 is 4.74 Å². The molecule has 104 valence electrons. The second-order valence-electron chi connectivity index (χ2n) is 5.05. The molecule has 1 aliphatic rings. The maximum atomic E-state index is 10.5. The Bertz CT molecular complexity index is 394. The van der Waals surface area contributed by atoms with Crippen molar-refractivity contribution in [1.82, 2.24) is 4.90 Å². The first-order chi connectivity index (χ1) is 9.24. The van der Waals surface area contributed by atoms with E-state index in [0.717, 1.165) is 38.2 Å². The number of carbonyl (C=O) groups is 1. The average Bonchev–Trinajstić information content (AvgIpc) is 2.86. The minimum Gasteiger partial charge on any atom is -0.492 e. The number of aliphatic carboxylic acids is 1. The molecule has 0 saturated carbocycles. The van der Waals surface area contributed by atoms with Crippen LogP contribution in [0, 0.1) is 5.92 Å². The van der Waals surface area contributed by atoms with Gasteiger partial charge in [-0.2, -0.15) is 0 Å². The van der Waals surface area contributed by atoms with E-state index in [1.165, 1.54) is 0 Å². The van der Waals surface area contributed by atoms with Crippen LogP contribution in [0.4, 0.5) is 0 Å². The largest absolute Gasteiger partial charge is 0.492 e. The molecule has 1 heterocycles. The zero-order valence-electron chi connectivity index (χ0n) is 11.1. The van der Waals surface area contributed by atoms with Crippen molar-refractivity contribution in [3.8, 4) is 5.75 Å². The lowest BCUT2D eigenvalue weighted by molar-refractivity contribution is -0.137. The molecule has 0 bridgehead atoms. The molecule has 1 atom stereocenters. The van der Waals surface area contributed by atoms with Crippen molar-refractivity contribution in [1.29, 1.82) is 0 Å². The predicted molar refractivity (Wildman–Crippen MR) is 73.4 cm³/mol. The fourth-order valence-corrected chi connectivity index (χ4v) is 2.49. The fraction of sp³-hybridized carbons (Fsp3) is 0.533. The van der Waals surface area contributed by atoms with E-state index in [-0.39, 0.29) is 0 Å². The summed E-state index contributed by atoms with van der Waals surface area (Å²) in [5.41, 5.74) is 0. The van der Waals surface area contributed by atoms with Crippen LogP contribution in [-0.2, 0) is 4.79 Å². The van der Waals surface area contributed by atoms with Crippen molar-refractivity contribution in [2.45, 2.75) is 19.3 Å². The number of para-hydroxylation sites is 1. The SMILES string of the molecule is O=C(O)CCC1CCN(CCOc2ccccc2)C1. The summed E-state index contributed by atoms with van der Waals surface area (Å²) in [6, 6.07) is 9.82. The van der Waals surface area contributed by atoms with E-state index in [9.17, 15) is 4.79 Å². The van der Waals surface area contributed by atoms with Crippen molar-refractivity contribution >= 4 is 5.97 Å². The molecule has 1 aliphatic heterocycles. The van der Waals surface area contributed by atoms with Crippen molar-refractivity contribution in [2.24, 2.45) is 5.92 Å². The summed E-state index contributed by atoms with van der Waals surface area (Å²) in [6.07, 6.45) is 2.20. The lowest BCUT2D eigenvalue weighted by atomic mass is 10.0. The Morgan fingerprint density at radius 2 is 2.16 bits per heavy atom. The van der Waals surface area contributed by atoms with Crippen LogP contribution in [0.15, 0.2) is 30.3 Å². The Morgan fingerprint density at radius 3 is 2.89 bits per heavy atom. The van der Waals surface area contributed by atoms with Gasteiger partial charge < -0.3 is 9.84 Å². The molecular formula is C15H21NO3. The van der Waals surface area contributed by atoms with Gasteiger partial charge in [-0.05, 0) is 37.4 Å². The van der Waals surface area contributed by atoms with Crippen LogP contribution in [0.1, 0.15) is 19.3 Å². The van der Waals surface area contributed by atoms with Crippen LogP contribution in [0.2, 0.25) is 0 Å². The Labute approximate surface area is 114 Å². The lowest BCUT2D eigenvalue weighted by Crippen LogP contribution is -2.26. The molecule has 0 radical (unpaired) electrons. The smallest absolute Gasteiger partial charge is 0.303 e. The molecule has 1 saturated heterocycles. The quantitative estimate of drug-likeness (QED) is 0.819. The van der Waals surface area contributed by atoms with Gasteiger partial charge in [0, 0.05) is 19.5 Å².